The summed E-state index contributed by atoms with van der Waals surface area (Å²) in [6.45, 7) is 8.43. The monoisotopic (exact) mass is 387 g/mol. The molecule has 2 aliphatic rings. The summed E-state index contributed by atoms with van der Waals surface area (Å²) in [6.07, 6.45) is 0.753. The first-order valence-electron chi connectivity index (χ1n) is 10.0. The summed E-state index contributed by atoms with van der Waals surface area (Å²) in [5, 5.41) is 3.02. The lowest BCUT2D eigenvalue weighted by molar-refractivity contribution is -0.121. The Morgan fingerprint density at radius 3 is 2.29 bits per heavy atom. The van der Waals surface area contributed by atoms with Gasteiger partial charge in [-0.2, -0.15) is 0 Å². The largest absolute Gasteiger partial charge is 0.379 e. The van der Waals surface area contributed by atoms with Crippen molar-refractivity contribution in [2.75, 3.05) is 39.4 Å². The van der Waals surface area contributed by atoms with Crippen molar-refractivity contribution in [2.24, 2.45) is 5.92 Å². The molecule has 3 amide bonds. The van der Waals surface area contributed by atoms with Crippen LogP contribution in [0.25, 0.3) is 0 Å². The van der Waals surface area contributed by atoms with E-state index in [-0.39, 0.29) is 30.3 Å². The summed E-state index contributed by atoms with van der Waals surface area (Å²) < 4.78 is 5.41. The Balaban J connectivity index is 1.43. The molecule has 0 spiro atoms. The van der Waals surface area contributed by atoms with Gasteiger partial charge in [0.25, 0.3) is 11.8 Å². The van der Waals surface area contributed by atoms with Crippen molar-refractivity contribution in [3.05, 3.63) is 35.4 Å². The quantitative estimate of drug-likeness (QED) is 0.685. The molecule has 1 fully saturated rings. The number of hydrogen-bond donors (Lipinski definition) is 1. The maximum Gasteiger partial charge on any atom is 0.261 e. The number of imide groups is 1. The van der Waals surface area contributed by atoms with E-state index in [1.165, 1.54) is 4.90 Å². The predicted molar refractivity (Wildman–Crippen MR) is 105 cm³/mol. The topological polar surface area (TPSA) is 79.0 Å². The summed E-state index contributed by atoms with van der Waals surface area (Å²) >= 11 is 0. The molecule has 3 rings (SSSR count). The lowest BCUT2D eigenvalue weighted by Crippen LogP contribution is -2.51. The Hall–Kier alpha value is -2.25. The molecule has 2 aliphatic heterocycles. The van der Waals surface area contributed by atoms with E-state index >= 15 is 0 Å². The van der Waals surface area contributed by atoms with Crippen LogP contribution < -0.4 is 5.32 Å². The first kappa shape index (κ1) is 20.5. The highest BCUT2D eigenvalue weighted by Crippen LogP contribution is 2.22. The van der Waals surface area contributed by atoms with Crippen LogP contribution in [0.4, 0.5) is 0 Å². The highest BCUT2D eigenvalue weighted by Gasteiger charge is 2.34. The second-order valence-electron chi connectivity index (χ2n) is 7.67. The molecule has 0 bridgehead atoms. The number of fused-ring (bicyclic) bond motifs is 1. The number of morpholine rings is 1. The second-order valence-corrected chi connectivity index (χ2v) is 7.67. The van der Waals surface area contributed by atoms with E-state index in [9.17, 15) is 14.4 Å². The first-order valence-corrected chi connectivity index (χ1v) is 10.0. The highest BCUT2D eigenvalue weighted by atomic mass is 16.5. The summed E-state index contributed by atoms with van der Waals surface area (Å²) in [5.41, 5.74) is 0.893. The molecule has 0 aromatic heterocycles. The van der Waals surface area contributed by atoms with Gasteiger partial charge in [-0.05, 0) is 24.5 Å². The van der Waals surface area contributed by atoms with Gasteiger partial charge in [0.15, 0.2) is 0 Å². The van der Waals surface area contributed by atoms with E-state index in [1.807, 2.05) is 0 Å². The van der Waals surface area contributed by atoms with Crippen LogP contribution >= 0.6 is 0 Å². The fourth-order valence-electron chi connectivity index (χ4n) is 3.84. The number of hydrogen-bond acceptors (Lipinski definition) is 5. The molecule has 7 nitrogen and oxygen atoms in total. The third-order valence-electron chi connectivity index (χ3n) is 5.46. The van der Waals surface area contributed by atoms with E-state index in [1.54, 1.807) is 24.3 Å². The molecule has 0 radical (unpaired) electrons. The summed E-state index contributed by atoms with van der Waals surface area (Å²) in [7, 11) is 0. The van der Waals surface area contributed by atoms with Crippen LogP contribution in [0.2, 0.25) is 0 Å². The molecule has 1 atom stereocenters. The molecule has 2 heterocycles. The van der Waals surface area contributed by atoms with Gasteiger partial charge in [0.05, 0.1) is 24.3 Å². The Bertz CT molecular complexity index is 693. The van der Waals surface area contributed by atoms with Gasteiger partial charge in [0.2, 0.25) is 5.91 Å². The van der Waals surface area contributed by atoms with Gasteiger partial charge in [-0.3, -0.25) is 24.2 Å². The molecule has 28 heavy (non-hydrogen) atoms. The number of benzene rings is 1. The fourth-order valence-corrected chi connectivity index (χ4v) is 3.84. The lowest BCUT2D eigenvalue weighted by Gasteiger charge is -2.36. The minimum Gasteiger partial charge on any atom is -0.379 e. The summed E-state index contributed by atoms with van der Waals surface area (Å²) in [6, 6.07) is 7.12. The molecule has 1 N–H and O–H groups in total. The molecule has 1 unspecified atom stereocenters. The van der Waals surface area contributed by atoms with Crippen molar-refractivity contribution in [1.29, 1.82) is 0 Å². The van der Waals surface area contributed by atoms with Crippen LogP contribution in [0.5, 0.6) is 0 Å². The fraction of sp³-hybridized carbons (Fsp3) is 0.571. The molecule has 0 saturated carbocycles. The zero-order valence-corrected chi connectivity index (χ0v) is 16.6. The molecule has 7 heteroatoms. The van der Waals surface area contributed by atoms with Gasteiger partial charge in [0.1, 0.15) is 0 Å². The number of nitrogens with zero attached hydrogens (tertiary/aromatic N) is 2. The standard InChI is InChI=1S/C21H29N3O4/c1-15(2)18(23-10-12-28-13-11-23)14-22-19(25)8-5-9-24-20(26)16-6-3-4-7-17(16)21(24)27/h3-4,6-7,15,18H,5,8-14H2,1-2H3,(H,22,25). The van der Waals surface area contributed by atoms with E-state index in [2.05, 4.69) is 24.1 Å². The van der Waals surface area contributed by atoms with Gasteiger partial charge in [0, 0.05) is 38.6 Å². The SMILES string of the molecule is CC(C)C(CNC(=O)CCCN1C(=O)c2ccccc2C1=O)N1CCOCC1. The van der Waals surface area contributed by atoms with E-state index in [4.69, 9.17) is 4.74 Å². The van der Waals surface area contributed by atoms with Crippen LogP contribution in [0.1, 0.15) is 47.4 Å². The molecule has 0 aliphatic carbocycles. The average Bonchev–Trinajstić information content (AvgIpc) is 2.94. The summed E-state index contributed by atoms with van der Waals surface area (Å²) in [5.74, 6) is -0.159. The minimum absolute atomic E-state index is 0.0458. The minimum atomic E-state index is -0.270. The van der Waals surface area contributed by atoms with Crippen molar-refractivity contribution in [3.63, 3.8) is 0 Å². The van der Waals surface area contributed by atoms with Crippen molar-refractivity contribution in [2.45, 2.75) is 32.7 Å². The van der Waals surface area contributed by atoms with Crippen LogP contribution in [-0.2, 0) is 9.53 Å². The Labute approximate surface area is 166 Å². The zero-order valence-electron chi connectivity index (χ0n) is 16.6. The normalized spacial score (nSPS) is 18.5. The van der Waals surface area contributed by atoms with Crippen molar-refractivity contribution in [1.82, 2.24) is 15.1 Å². The third kappa shape index (κ3) is 4.59. The van der Waals surface area contributed by atoms with Crippen LogP contribution in [0, 0.1) is 5.92 Å². The van der Waals surface area contributed by atoms with Gasteiger partial charge in [-0.15, -0.1) is 0 Å². The first-order chi connectivity index (χ1) is 13.5. The number of ether oxygens (including phenoxy) is 1. The van der Waals surface area contributed by atoms with E-state index < -0.39 is 0 Å². The average molecular weight is 387 g/mol. The zero-order chi connectivity index (χ0) is 20.1. The molecular formula is C21H29N3O4. The number of carbonyl (C=O) groups is 3. The molecule has 152 valence electrons. The lowest BCUT2D eigenvalue weighted by atomic mass is 10.0. The van der Waals surface area contributed by atoms with Crippen molar-refractivity contribution >= 4 is 17.7 Å². The van der Waals surface area contributed by atoms with Crippen LogP contribution in [0.3, 0.4) is 0 Å². The predicted octanol–water partition coefficient (Wildman–Crippen LogP) is 1.54. The van der Waals surface area contributed by atoms with Crippen molar-refractivity contribution in [3.8, 4) is 0 Å². The summed E-state index contributed by atoms with van der Waals surface area (Å²) in [4.78, 5) is 40.5. The maximum atomic E-state index is 12.3. The van der Waals surface area contributed by atoms with Crippen LogP contribution in [0.15, 0.2) is 24.3 Å². The number of carbonyl (C=O) groups excluding carboxylic acids is 3. The van der Waals surface area contributed by atoms with E-state index in [0.717, 1.165) is 26.3 Å². The van der Waals surface area contributed by atoms with Gasteiger partial charge >= 0.3 is 0 Å². The Kier molecular flexibility index (Phi) is 6.80. The number of nitrogens with one attached hydrogen (secondary N) is 1. The van der Waals surface area contributed by atoms with E-state index in [0.29, 0.717) is 36.4 Å². The van der Waals surface area contributed by atoms with Gasteiger partial charge in [-0.1, -0.05) is 26.0 Å². The third-order valence-corrected chi connectivity index (χ3v) is 5.46. The second kappa shape index (κ2) is 9.30. The Morgan fingerprint density at radius 2 is 1.71 bits per heavy atom. The molecular weight excluding hydrogens is 358 g/mol. The molecule has 1 aromatic rings. The number of rotatable bonds is 8. The van der Waals surface area contributed by atoms with Gasteiger partial charge < -0.3 is 10.1 Å². The molecule has 1 saturated heterocycles. The number of amides is 3. The van der Waals surface area contributed by atoms with Gasteiger partial charge in [-0.25, -0.2) is 0 Å². The smallest absolute Gasteiger partial charge is 0.261 e. The highest BCUT2D eigenvalue weighted by molar-refractivity contribution is 6.21. The van der Waals surface area contributed by atoms with Crippen molar-refractivity contribution < 1.29 is 19.1 Å². The Morgan fingerprint density at radius 1 is 1.11 bits per heavy atom. The molecule has 1 aromatic carbocycles. The maximum absolute atomic E-state index is 12.3. The van der Waals surface area contributed by atoms with Crippen LogP contribution in [-0.4, -0.2) is 73.0 Å².